The lowest BCUT2D eigenvalue weighted by Gasteiger charge is -2.18. The zero-order valence-corrected chi connectivity index (χ0v) is 13.9. The van der Waals surface area contributed by atoms with Crippen molar-refractivity contribution in [3.63, 3.8) is 0 Å². The molecule has 0 saturated heterocycles. The first kappa shape index (κ1) is 15.8. The summed E-state index contributed by atoms with van der Waals surface area (Å²) in [4.78, 5) is 18.9. The lowest BCUT2D eigenvalue weighted by Crippen LogP contribution is -2.29. The molecule has 6 nitrogen and oxygen atoms in total. The van der Waals surface area contributed by atoms with Crippen molar-refractivity contribution < 1.29 is 14.3 Å². The normalized spacial score (nSPS) is 14.2. The number of rotatable bonds is 7. The molecule has 2 aromatic rings. The fourth-order valence-corrected chi connectivity index (χ4v) is 2.73. The Kier molecular flexibility index (Phi) is 4.52. The van der Waals surface area contributed by atoms with E-state index in [4.69, 9.17) is 14.5 Å². The standard InChI is InChI=1S/C17H23N3O3/c1-4-13-16(19(2)17(21)12-7-8-12)20-9-5-6-14(15(20)18-13)23-11-10-22-3/h5-6,9,12H,4,7-8,10-11H2,1-3H3. The van der Waals surface area contributed by atoms with Gasteiger partial charge in [0.25, 0.3) is 0 Å². The van der Waals surface area contributed by atoms with Crippen molar-refractivity contribution in [1.29, 1.82) is 0 Å². The van der Waals surface area contributed by atoms with Crippen LogP contribution in [0, 0.1) is 5.92 Å². The predicted molar refractivity (Wildman–Crippen MR) is 88.1 cm³/mol. The van der Waals surface area contributed by atoms with Crippen LogP contribution in [0.5, 0.6) is 5.75 Å². The average Bonchev–Trinajstić information content (AvgIpc) is 3.34. The molecule has 0 aromatic carbocycles. The second-order valence-electron chi connectivity index (χ2n) is 5.81. The van der Waals surface area contributed by atoms with E-state index in [1.165, 1.54) is 0 Å². The maximum absolute atomic E-state index is 12.4. The van der Waals surface area contributed by atoms with Crippen LogP contribution in [0.4, 0.5) is 5.82 Å². The Labute approximate surface area is 136 Å². The van der Waals surface area contributed by atoms with Crippen LogP contribution in [0.3, 0.4) is 0 Å². The van der Waals surface area contributed by atoms with Crippen LogP contribution in [0.2, 0.25) is 0 Å². The minimum Gasteiger partial charge on any atom is -0.487 e. The molecule has 6 heteroatoms. The molecule has 1 aliphatic rings. The first-order chi connectivity index (χ1) is 11.2. The van der Waals surface area contributed by atoms with Gasteiger partial charge in [-0.25, -0.2) is 4.98 Å². The molecular weight excluding hydrogens is 294 g/mol. The van der Waals surface area contributed by atoms with Gasteiger partial charge in [-0.2, -0.15) is 0 Å². The Bertz CT molecular complexity index is 706. The maximum Gasteiger partial charge on any atom is 0.231 e. The minimum atomic E-state index is 0.173. The van der Waals surface area contributed by atoms with Crippen molar-refractivity contribution in [2.45, 2.75) is 26.2 Å². The lowest BCUT2D eigenvalue weighted by molar-refractivity contribution is -0.119. The van der Waals surface area contributed by atoms with Crippen LogP contribution < -0.4 is 9.64 Å². The predicted octanol–water partition coefficient (Wildman–Crippen LogP) is 2.29. The van der Waals surface area contributed by atoms with Crippen LogP contribution in [0.25, 0.3) is 5.65 Å². The molecule has 1 fully saturated rings. The van der Waals surface area contributed by atoms with Gasteiger partial charge < -0.3 is 9.47 Å². The van der Waals surface area contributed by atoms with Gasteiger partial charge in [-0.15, -0.1) is 0 Å². The summed E-state index contributed by atoms with van der Waals surface area (Å²) in [6.07, 6.45) is 4.67. The highest BCUT2D eigenvalue weighted by molar-refractivity contribution is 5.96. The summed E-state index contributed by atoms with van der Waals surface area (Å²) < 4.78 is 12.7. The molecule has 2 aromatic heterocycles. The third-order valence-corrected chi connectivity index (χ3v) is 4.11. The molecule has 124 valence electrons. The van der Waals surface area contributed by atoms with Crippen molar-refractivity contribution in [1.82, 2.24) is 9.38 Å². The minimum absolute atomic E-state index is 0.173. The van der Waals surface area contributed by atoms with Crippen LogP contribution in [-0.4, -0.2) is 42.7 Å². The number of amides is 1. The summed E-state index contributed by atoms with van der Waals surface area (Å²) in [7, 11) is 3.48. The van der Waals surface area contributed by atoms with Gasteiger partial charge in [0, 0.05) is 26.3 Å². The van der Waals surface area contributed by atoms with Gasteiger partial charge in [-0.1, -0.05) is 6.92 Å². The fraction of sp³-hybridized carbons (Fsp3) is 0.529. The van der Waals surface area contributed by atoms with Gasteiger partial charge in [-0.3, -0.25) is 14.1 Å². The molecule has 0 aliphatic heterocycles. The number of carbonyl (C=O) groups excluding carboxylic acids is 1. The van der Waals surface area contributed by atoms with E-state index in [0.717, 1.165) is 36.4 Å². The van der Waals surface area contributed by atoms with E-state index in [0.29, 0.717) is 19.0 Å². The number of carbonyl (C=O) groups is 1. The smallest absolute Gasteiger partial charge is 0.231 e. The molecule has 0 radical (unpaired) electrons. The van der Waals surface area contributed by atoms with E-state index >= 15 is 0 Å². The molecule has 0 spiro atoms. The van der Waals surface area contributed by atoms with Crippen LogP contribution >= 0.6 is 0 Å². The number of hydrogen-bond donors (Lipinski definition) is 0. The number of pyridine rings is 1. The quantitative estimate of drug-likeness (QED) is 0.735. The number of hydrogen-bond acceptors (Lipinski definition) is 4. The average molecular weight is 317 g/mol. The molecule has 23 heavy (non-hydrogen) atoms. The number of nitrogens with zero attached hydrogens (tertiary/aromatic N) is 3. The number of ether oxygens (including phenoxy) is 2. The van der Waals surface area contributed by atoms with E-state index in [-0.39, 0.29) is 11.8 Å². The second-order valence-corrected chi connectivity index (χ2v) is 5.81. The number of methoxy groups -OCH3 is 1. The molecule has 0 atom stereocenters. The summed E-state index contributed by atoms with van der Waals surface area (Å²) >= 11 is 0. The van der Waals surface area contributed by atoms with Crippen molar-refractivity contribution in [3.8, 4) is 5.75 Å². The van der Waals surface area contributed by atoms with E-state index in [2.05, 4.69) is 0 Å². The van der Waals surface area contributed by atoms with Crippen LogP contribution in [0.15, 0.2) is 18.3 Å². The zero-order chi connectivity index (χ0) is 16.4. The van der Waals surface area contributed by atoms with Crippen molar-refractivity contribution in [3.05, 3.63) is 24.0 Å². The number of imidazole rings is 1. The van der Waals surface area contributed by atoms with Gasteiger partial charge in [0.05, 0.1) is 12.3 Å². The van der Waals surface area contributed by atoms with E-state index in [9.17, 15) is 4.79 Å². The summed E-state index contributed by atoms with van der Waals surface area (Å²) in [5, 5.41) is 0. The first-order valence-electron chi connectivity index (χ1n) is 8.06. The third-order valence-electron chi connectivity index (χ3n) is 4.11. The first-order valence-corrected chi connectivity index (χ1v) is 8.06. The highest BCUT2D eigenvalue weighted by Gasteiger charge is 2.34. The van der Waals surface area contributed by atoms with Gasteiger partial charge >= 0.3 is 0 Å². The Hall–Kier alpha value is -2.08. The molecule has 1 amide bonds. The second kappa shape index (κ2) is 6.58. The third kappa shape index (κ3) is 3.03. The van der Waals surface area contributed by atoms with E-state index in [1.807, 2.05) is 36.7 Å². The highest BCUT2D eigenvalue weighted by Crippen LogP contribution is 2.34. The Morgan fingerprint density at radius 1 is 1.43 bits per heavy atom. The van der Waals surface area contributed by atoms with Crippen LogP contribution in [-0.2, 0) is 16.0 Å². The Morgan fingerprint density at radius 3 is 2.87 bits per heavy atom. The number of aryl methyl sites for hydroxylation is 1. The Morgan fingerprint density at radius 2 is 2.22 bits per heavy atom. The molecule has 0 bridgehead atoms. The van der Waals surface area contributed by atoms with Crippen molar-refractivity contribution >= 4 is 17.4 Å². The molecular formula is C17H23N3O3. The lowest BCUT2D eigenvalue weighted by atomic mass is 10.3. The van der Waals surface area contributed by atoms with E-state index < -0.39 is 0 Å². The topological polar surface area (TPSA) is 56.1 Å². The number of aromatic nitrogens is 2. The van der Waals surface area contributed by atoms with Gasteiger partial charge in [0.15, 0.2) is 11.4 Å². The summed E-state index contributed by atoms with van der Waals surface area (Å²) in [6.45, 7) is 3.04. The molecule has 0 N–H and O–H groups in total. The van der Waals surface area contributed by atoms with Gasteiger partial charge in [-0.05, 0) is 31.4 Å². The monoisotopic (exact) mass is 317 g/mol. The number of anilines is 1. The van der Waals surface area contributed by atoms with Gasteiger partial charge in [0.2, 0.25) is 5.91 Å². The van der Waals surface area contributed by atoms with Gasteiger partial charge in [0.1, 0.15) is 12.4 Å². The molecule has 3 rings (SSSR count). The molecule has 2 heterocycles. The van der Waals surface area contributed by atoms with E-state index in [1.54, 1.807) is 12.0 Å². The largest absolute Gasteiger partial charge is 0.487 e. The summed E-state index contributed by atoms with van der Waals surface area (Å²) in [6, 6.07) is 3.80. The SMILES string of the molecule is CCc1nc2c(OCCOC)cccn2c1N(C)C(=O)C1CC1. The summed E-state index contributed by atoms with van der Waals surface area (Å²) in [5.74, 6) is 1.90. The molecule has 1 saturated carbocycles. The van der Waals surface area contributed by atoms with Crippen LogP contribution in [0.1, 0.15) is 25.5 Å². The fourth-order valence-electron chi connectivity index (χ4n) is 2.73. The molecule has 1 aliphatic carbocycles. The Balaban J connectivity index is 1.99. The zero-order valence-electron chi connectivity index (χ0n) is 13.9. The highest BCUT2D eigenvalue weighted by atomic mass is 16.5. The number of fused-ring (bicyclic) bond motifs is 1. The summed E-state index contributed by atoms with van der Waals surface area (Å²) in [5.41, 5.74) is 1.65. The van der Waals surface area contributed by atoms with Crippen molar-refractivity contribution in [2.24, 2.45) is 5.92 Å². The molecule has 0 unspecified atom stereocenters. The maximum atomic E-state index is 12.4. The van der Waals surface area contributed by atoms with Crippen molar-refractivity contribution in [2.75, 3.05) is 32.3 Å².